The second-order valence-electron chi connectivity index (χ2n) is 13.5. The molecule has 0 saturated carbocycles. The quantitative estimate of drug-likeness (QED) is 0.0752. The molecule has 0 aromatic heterocycles. The standard InChI is InChI=1S/C43H54O2S2.Ge/c1-5-7-9-11-13-19-29-43(30-20-14-12-10-8-6-2)39-31-33(35-21-15-17-23-41(35)46(3)44)25-27-37(39)38-28-26-34(32-40(38)43)36-22-16-18-24-42(36)47(4)45;/h15-18,21-28,31-32H,5-14,19-20,29-30H2,1-4H3;. The van der Waals surface area contributed by atoms with Crippen LogP contribution in [0, 0.1) is 0 Å². The Morgan fingerprint density at radius 2 is 0.854 bits per heavy atom. The third-order valence-electron chi connectivity index (χ3n) is 10.3. The smallest absolute Gasteiger partial charge is 0.0504 e. The molecule has 2 nitrogen and oxygen atoms in total. The second kappa shape index (κ2) is 18.6. The molecule has 0 aliphatic heterocycles. The van der Waals surface area contributed by atoms with Crippen LogP contribution in [0.2, 0.25) is 0 Å². The van der Waals surface area contributed by atoms with Crippen LogP contribution >= 0.6 is 0 Å². The Morgan fingerprint density at radius 3 is 1.25 bits per heavy atom. The van der Waals surface area contributed by atoms with Crippen LogP contribution in [0.1, 0.15) is 115 Å². The van der Waals surface area contributed by atoms with Crippen molar-refractivity contribution in [1.82, 2.24) is 0 Å². The van der Waals surface area contributed by atoms with Crippen molar-refractivity contribution in [2.75, 3.05) is 12.5 Å². The number of unbranched alkanes of at least 4 members (excludes halogenated alkanes) is 10. The van der Waals surface area contributed by atoms with E-state index in [9.17, 15) is 8.42 Å². The molecule has 48 heavy (non-hydrogen) atoms. The summed E-state index contributed by atoms with van der Waals surface area (Å²) in [4.78, 5) is 1.79. The Hall–Kier alpha value is -2.28. The first-order chi connectivity index (χ1) is 22.9. The van der Waals surface area contributed by atoms with Gasteiger partial charge in [0.2, 0.25) is 0 Å². The van der Waals surface area contributed by atoms with Crippen molar-refractivity contribution in [3.63, 3.8) is 0 Å². The predicted molar refractivity (Wildman–Crippen MR) is 210 cm³/mol. The molecule has 4 radical (unpaired) electrons. The summed E-state index contributed by atoms with van der Waals surface area (Å²) in [7, 11) is -2.14. The fraction of sp³-hybridized carbons (Fsp3) is 0.442. The second-order valence-corrected chi connectivity index (χ2v) is 16.2. The van der Waals surface area contributed by atoms with E-state index in [1.54, 1.807) is 12.5 Å². The Balaban J connectivity index is 0.00000520. The van der Waals surface area contributed by atoms with Gasteiger partial charge in [0, 0.05) is 45.3 Å². The summed E-state index contributed by atoms with van der Waals surface area (Å²) >= 11 is 0. The molecule has 0 amide bonds. The fourth-order valence-electron chi connectivity index (χ4n) is 7.82. The largest absolute Gasteiger partial charge is 0.255 e. The van der Waals surface area contributed by atoms with E-state index in [0.29, 0.717) is 0 Å². The molecule has 4 aromatic carbocycles. The van der Waals surface area contributed by atoms with Crippen LogP contribution in [0.5, 0.6) is 0 Å². The van der Waals surface area contributed by atoms with Crippen molar-refractivity contribution in [2.24, 2.45) is 0 Å². The molecule has 0 spiro atoms. The zero-order chi connectivity index (χ0) is 33.2. The van der Waals surface area contributed by atoms with Gasteiger partial charge in [0.15, 0.2) is 0 Å². The minimum absolute atomic E-state index is 0. The van der Waals surface area contributed by atoms with Gasteiger partial charge in [-0.15, -0.1) is 0 Å². The van der Waals surface area contributed by atoms with Gasteiger partial charge in [-0.05, 0) is 81.6 Å². The van der Waals surface area contributed by atoms with Crippen molar-refractivity contribution in [1.29, 1.82) is 0 Å². The van der Waals surface area contributed by atoms with Crippen molar-refractivity contribution in [3.8, 4) is 33.4 Å². The molecule has 2 atom stereocenters. The third-order valence-corrected chi connectivity index (χ3v) is 12.2. The zero-order valence-electron chi connectivity index (χ0n) is 29.6. The number of fused-ring (bicyclic) bond motifs is 3. The van der Waals surface area contributed by atoms with Crippen LogP contribution in [0.15, 0.2) is 94.7 Å². The van der Waals surface area contributed by atoms with Gasteiger partial charge in [0.1, 0.15) is 0 Å². The molecular formula is C43H54GeO2S2. The minimum atomic E-state index is -1.07. The third kappa shape index (κ3) is 8.71. The van der Waals surface area contributed by atoms with E-state index in [4.69, 9.17) is 0 Å². The van der Waals surface area contributed by atoms with Crippen molar-refractivity contribution in [3.05, 3.63) is 96.1 Å². The summed E-state index contributed by atoms with van der Waals surface area (Å²) in [6.45, 7) is 4.57. The van der Waals surface area contributed by atoms with Crippen LogP contribution in [0.25, 0.3) is 33.4 Å². The van der Waals surface area contributed by atoms with E-state index in [0.717, 1.165) is 44.9 Å². The number of hydrogen-bond acceptors (Lipinski definition) is 2. The Kier molecular flexibility index (Phi) is 15.0. The summed E-state index contributed by atoms with van der Waals surface area (Å²) < 4.78 is 25.6. The predicted octanol–water partition coefficient (Wildman–Crippen LogP) is 11.9. The average molecular weight is 740 g/mol. The van der Waals surface area contributed by atoms with Gasteiger partial charge >= 0.3 is 0 Å². The number of hydrogen-bond donors (Lipinski definition) is 0. The molecule has 0 bridgehead atoms. The number of benzene rings is 4. The van der Waals surface area contributed by atoms with E-state index in [1.165, 1.54) is 99.3 Å². The van der Waals surface area contributed by atoms with Gasteiger partial charge in [-0.1, -0.05) is 152 Å². The van der Waals surface area contributed by atoms with Crippen LogP contribution in [0.3, 0.4) is 0 Å². The first kappa shape index (κ1) is 38.5. The van der Waals surface area contributed by atoms with Crippen LogP contribution in [-0.2, 0) is 27.0 Å². The van der Waals surface area contributed by atoms with Gasteiger partial charge in [-0.25, -0.2) is 0 Å². The SMILES string of the molecule is CCCCCCCCC1(CCCCCCCC)c2cc(-c3ccccc3S(C)=O)ccc2-c2ccc(-c3ccccc3S(C)=O)cc21.[Ge]. The number of rotatable bonds is 18. The van der Waals surface area contributed by atoms with Crippen LogP contribution in [-0.4, -0.2) is 38.5 Å². The first-order valence-corrected chi connectivity index (χ1v) is 21.2. The molecule has 1 aliphatic rings. The molecule has 0 fully saturated rings. The van der Waals surface area contributed by atoms with Gasteiger partial charge in [0.25, 0.3) is 0 Å². The van der Waals surface area contributed by atoms with E-state index < -0.39 is 21.6 Å². The monoisotopic (exact) mass is 740 g/mol. The average Bonchev–Trinajstić information content (AvgIpc) is 3.36. The van der Waals surface area contributed by atoms with Crippen LogP contribution in [0.4, 0.5) is 0 Å². The summed E-state index contributed by atoms with van der Waals surface area (Å²) in [5.41, 5.74) is 9.92. The van der Waals surface area contributed by atoms with E-state index in [1.807, 2.05) is 24.3 Å². The van der Waals surface area contributed by atoms with Gasteiger partial charge in [-0.3, -0.25) is 8.42 Å². The van der Waals surface area contributed by atoms with Crippen molar-refractivity contribution in [2.45, 2.75) is 119 Å². The summed E-state index contributed by atoms with van der Waals surface area (Å²) in [5, 5.41) is 0. The topological polar surface area (TPSA) is 34.1 Å². The molecule has 5 heteroatoms. The summed E-state index contributed by atoms with van der Waals surface area (Å²) in [6, 6.07) is 30.4. The molecular weight excluding hydrogens is 685 g/mol. The normalized spacial score (nSPS) is 14.2. The molecule has 4 aromatic rings. The van der Waals surface area contributed by atoms with Gasteiger partial charge in [-0.2, -0.15) is 0 Å². The maximum atomic E-state index is 12.8. The van der Waals surface area contributed by atoms with Gasteiger partial charge < -0.3 is 0 Å². The van der Waals surface area contributed by atoms with Crippen LogP contribution < -0.4 is 0 Å². The Bertz CT molecular complexity index is 1570. The molecule has 5 rings (SSSR count). The molecule has 0 heterocycles. The maximum Gasteiger partial charge on any atom is 0.0504 e. The molecule has 1 aliphatic carbocycles. The fourth-order valence-corrected chi connectivity index (χ4v) is 9.35. The summed E-state index contributed by atoms with van der Waals surface area (Å²) in [6.07, 6.45) is 21.2. The zero-order valence-corrected chi connectivity index (χ0v) is 33.3. The van der Waals surface area contributed by atoms with Crippen molar-refractivity contribution >= 4 is 39.2 Å². The maximum absolute atomic E-state index is 12.8. The Morgan fingerprint density at radius 1 is 0.479 bits per heavy atom. The molecule has 2 unspecified atom stereocenters. The molecule has 0 N–H and O–H groups in total. The first-order valence-electron chi connectivity index (χ1n) is 18.1. The summed E-state index contributed by atoms with van der Waals surface area (Å²) in [5.74, 6) is 0. The van der Waals surface area contributed by atoms with Gasteiger partial charge in [0.05, 0.1) is 21.6 Å². The molecule has 254 valence electrons. The van der Waals surface area contributed by atoms with E-state index >= 15 is 0 Å². The molecule has 0 saturated heterocycles. The van der Waals surface area contributed by atoms with E-state index in [2.05, 4.69) is 74.5 Å². The minimum Gasteiger partial charge on any atom is -0.255 e. The van der Waals surface area contributed by atoms with Crippen molar-refractivity contribution < 1.29 is 8.42 Å². The van der Waals surface area contributed by atoms with E-state index in [-0.39, 0.29) is 23.0 Å². The Labute approximate surface area is 306 Å².